The molecule has 1 saturated carbocycles. The summed E-state index contributed by atoms with van der Waals surface area (Å²) in [6, 6.07) is 2.02. The van der Waals surface area contributed by atoms with E-state index in [2.05, 4.69) is 20.2 Å². The molecule has 1 N–H and O–H groups in total. The molecule has 2 saturated heterocycles. The van der Waals surface area contributed by atoms with E-state index < -0.39 is 0 Å². The van der Waals surface area contributed by atoms with Gasteiger partial charge in [0.15, 0.2) is 0 Å². The number of hydrogen-bond acceptors (Lipinski definition) is 6. The van der Waals surface area contributed by atoms with Crippen molar-refractivity contribution in [2.75, 3.05) is 50.1 Å². The minimum Gasteiger partial charge on any atom is -0.371 e. The molecular formula is C19H29N5O2. The summed E-state index contributed by atoms with van der Waals surface area (Å²) < 4.78 is 6.22. The average Bonchev–Trinajstić information content (AvgIpc) is 3.42. The van der Waals surface area contributed by atoms with Crippen LogP contribution in [0.15, 0.2) is 12.4 Å². The minimum atomic E-state index is -0.0300. The minimum absolute atomic E-state index is 0.0300. The first-order valence-electron chi connectivity index (χ1n) is 9.68. The highest BCUT2D eigenvalue weighted by atomic mass is 16.5. The first kappa shape index (κ1) is 17.5. The van der Waals surface area contributed by atoms with E-state index in [1.807, 2.05) is 25.1 Å². The van der Waals surface area contributed by atoms with E-state index in [1.54, 1.807) is 6.33 Å². The van der Waals surface area contributed by atoms with Gasteiger partial charge in [0.05, 0.1) is 19.7 Å². The molecule has 0 radical (unpaired) electrons. The van der Waals surface area contributed by atoms with Gasteiger partial charge in [-0.15, -0.1) is 0 Å². The summed E-state index contributed by atoms with van der Waals surface area (Å²) >= 11 is 0. The molecule has 0 aromatic carbocycles. The number of carbonyl (C=O) groups is 1. The summed E-state index contributed by atoms with van der Waals surface area (Å²) in [5.74, 6) is 3.19. The van der Waals surface area contributed by atoms with Gasteiger partial charge in [-0.25, -0.2) is 9.97 Å². The molecule has 7 nitrogen and oxygen atoms in total. The zero-order chi connectivity index (χ0) is 18.1. The van der Waals surface area contributed by atoms with Crippen molar-refractivity contribution in [2.45, 2.75) is 37.7 Å². The monoisotopic (exact) mass is 359 g/mol. The molecule has 7 heteroatoms. The second-order valence-corrected chi connectivity index (χ2v) is 8.34. The van der Waals surface area contributed by atoms with Crippen LogP contribution >= 0.6 is 0 Å². The molecule has 3 aliphatic rings. The van der Waals surface area contributed by atoms with Crippen LogP contribution in [-0.2, 0) is 9.53 Å². The molecule has 1 atom stereocenters. The van der Waals surface area contributed by atoms with E-state index in [-0.39, 0.29) is 11.5 Å². The third-order valence-electron chi connectivity index (χ3n) is 5.77. The fraction of sp³-hybridized carbons (Fsp3) is 0.737. The quantitative estimate of drug-likeness (QED) is 0.829. The summed E-state index contributed by atoms with van der Waals surface area (Å²) in [5, 5.41) is 3.09. The van der Waals surface area contributed by atoms with Gasteiger partial charge in [0.2, 0.25) is 5.91 Å². The van der Waals surface area contributed by atoms with E-state index in [1.165, 1.54) is 12.8 Å². The second kappa shape index (κ2) is 7.02. The number of amides is 1. The van der Waals surface area contributed by atoms with Gasteiger partial charge < -0.3 is 19.9 Å². The van der Waals surface area contributed by atoms with Crippen molar-refractivity contribution >= 4 is 17.5 Å². The number of anilines is 2. The summed E-state index contributed by atoms with van der Waals surface area (Å²) in [7, 11) is 3.97. The van der Waals surface area contributed by atoms with E-state index in [0.717, 1.165) is 50.7 Å². The number of hydrogen-bond donors (Lipinski definition) is 1. The van der Waals surface area contributed by atoms with Crippen molar-refractivity contribution in [3.05, 3.63) is 12.4 Å². The lowest BCUT2D eigenvalue weighted by molar-refractivity contribution is -0.125. The highest BCUT2D eigenvalue weighted by molar-refractivity contribution is 5.76. The second-order valence-electron chi connectivity index (χ2n) is 8.34. The van der Waals surface area contributed by atoms with Gasteiger partial charge in [-0.1, -0.05) is 0 Å². The molecule has 0 bridgehead atoms. The van der Waals surface area contributed by atoms with Gasteiger partial charge >= 0.3 is 0 Å². The number of rotatable bonds is 6. The Kier molecular flexibility index (Phi) is 4.73. The standard InChI is InChI=1S/C19H29N5O2/c1-23(2)16-8-17(22-13-21-16)24-11-19(12-24)6-5-15(10-26-19)9-20-18(25)7-14-3-4-14/h8,13-15H,3-7,9-12H2,1-2H3,(H,20,25)/t15-/m0/s1. The summed E-state index contributed by atoms with van der Waals surface area (Å²) in [6.45, 7) is 3.27. The molecule has 1 aromatic heterocycles. The van der Waals surface area contributed by atoms with Gasteiger partial charge in [0.1, 0.15) is 23.6 Å². The number of carbonyl (C=O) groups excluding carboxylic acids is 1. The van der Waals surface area contributed by atoms with Crippen molar-refractivity contribution < 1.29 is 9.53 Å². The Morgan fingerprint density at radius 1 is 1.31 bits per heavy atom. The Labute approximate surface area is 155 Å². The zero-order valence-electron chi connectivity index (χ0n) is 15.8. The van der Waals surface area contributed by atoms with Crippen LogP contribution in [0.2, 0.25) is 0 Å². The number of aromatic nitrogens is 2. The molecule has 0 unspecified atom stereocenters. The number of nitrogens with one attached hydrogen (secondary N) is 1. The molecule has 3 heterocycles. The Balaban J connectivity index is 1.22. The molecule has 1 aromatic rings. The predicted molar refractivity (Wildman–Crippen MR) is 100 cm³/mol. The molecular weight excluding hydrogens is 330 g/mol. The van der Waals surface area contributed by atoms with Crippen molar-refractivity contribution in [3.8, 4) is 0 Å². The van der Waals surface area contributed by atoms with E-state index in [9.17, 15) is 4.79 Å². The van der Waals surface area contributed by atoms with Crippen LogP contribution in [0, 0.1) is 11.8 Å². The lowest BCUT2D eigenvalue weighted by Crippen LogP contribution is -2.65. The number of nitrogens with zero attached hydrogens (tertiary/aromatic N) is 4. The molecule has 142 valence electrons. The Morgan fingerprint density at radius 2 is 2.12 bits per heavy atom. The van der Waals surface area contributed by atoms with Crippen LogP contribution in [0.4, 0.5) is 11.6 Å². The third kappa shape index (κ3) is 3.92. The fourth-order valence-corrected chi connectivity index (χ4v) is 3.81. The van der Waals surface area contributed by atoms with Gasteiger partial charge in [-0.2, -0.15) is 0 Å². The maximum absolute atomic E-state index is 11.8. The molecule has 1 spiro atoms. The smallest absolute Gasteiger partial charge is 0.220 e. The van der Waals surface area contributed by atoms with E-state index >= 15 is 0 Å². The largest absolute Gasteiger partial charge is 0.371 e. The third-order valence-corrected chi connectivity index (χ3v) is 5.77. The topological polar surface area (TPSA) is 70.6 Å². The first-order chi connectivity index (χ1) is 12.5. The van der Waals surface area contributed by atoms with Crippen molar-refractivity contribution in [1.29, 1.82) is 0 Å². The SMILES string of the molecule is CN(C)c1cc(N2CC3(CC[C@@H](CNC(=O)CC4CC4)CO3)C2)ncn1. The Hall–Kier alpha value is -1.89. The van der Waals surface area contributed by atoms with Gasteiger partial charge in [0.25, 0.3) is 0 Å². The normalized spacial score (nSPS) is 24.2. The van der Waals surface area contributed by atoms with E-state index in [0.29, 0.717) is 18.3 Å². The zero-order valence-corrected chi connectivity index (χ0v) is 15.8. The lowest BCUT2D eigenvalue weighted by atomic mass is 9.83. The highest BCUT2D eigenvalue weighted by Gasteiger charge is 2.47. The Bertz CT molecular complexity index is 645. The molecule has 1 aliphatic carbocycles. The van der Waals surface area contributed by atoms with Gasteiger partial charge in [-0.3, -0.25) is 4.79 Å². The lowest BCUT2D eigenvalue weighted by Gasteiger charge is -2.53. The Morgan fingerprint density at radius 3 is 2.77 bits per heavy atom. The number of ether oxygens (including phenoxy) is 1. The maximum atomic E-state index is 11.8. The first-order valence-corrected chi connectivity index (χ1v) is 9.68. The van der Waals surface area contributed by atoms with Crippen molar-refractivity contribution in [1.82, 2.24) is 15.3 Å². The van der Waals surface area contributed by atoms with Crippen LogP contribution in [-0.4, -0.2) is 61.8 Å². The summed E-state index contributed by atoms with van der Waals surface area (Å²) in [5.41, 5.74) is -0.0300. The van der Waals surface area contributed by atoms with Crippen LogP contribution in [0.1, 0.15) is 32.1 Å². The van der Waals surface area contributed by atoms with E-state index in [4.69, 9.17) is 4.74 Å². The highest BCUT2D eigenvalue weighted by Crippen LogP contribution is 2.38. The summed E-state index contributed by atoms with van der Waals surface area (Å²) in [6.07, 6.45) is 6.95. The van der Waals surface area contributed by atoms with Crippen LogP contribution in [0.25, 0.3) is 0 Å². The van der Waals surface area contributed by atoms with Crippen LogP contribution in [0.3, 0.4) is 0 Å². The van der Waals surface area contributed by atoms with Crippen molar-refractivity contribution in [2.24, 2.45) is 11.8 Å². The van der Waals surface area contributed by atoms with Crippen LogP contribution in [0.5, 0.6) is 0 Å². The van der Waals surface area contributed by atoms with Gasteiger partial charge in [0, 0.05) is 33.1 Å². The molecule has 26 heavy (non-hydrogen) atoms. The summed E-state index contributed by atoms with van der Waals surface area (Å²) in [4.78, 5) is 24.7. The van der Waals surface area contributed by atoms with Gasteiger partial charge in [-0.05, 0) is 37.5 Å². The average molecular weight is 359 g/mol. The molecule has 3 fully saturated rings. The van der Waals surface area contributed by atoms with Crippen LogP contribution < -0.4 is 15.1 Å². The van der Waals surface area contributed by atoms with Crippen molar-refractivity contribution in [3.63, 3.8) is 0 Å². The predicted octanol–water partition coefficient (Wildman–Crippen LogP) is 1.44. The molecule has 2 aliphatic heterocycles. The molecule has 4 rings (SSSR count). The fourth-order valence-electron chi connectivity index (χ4n) is 3.81. The molecule has 1 amide bonds. The maximum Gasteiger partial charge on any atom is 0.220 e.